The lowest BCUT2D eigenvalue weighted by molar-refractivity contribution is -0.118. The average molecular weight is 341 g/mol. The predicted molar refractivity (Wildman–Crippen MR) is 80.9 cm³/mol. The molecule has 0 bridgehead atoms. The minimum atomic E-state index is -2.03. The molecule has 4 rings (SSSR count). The third-order valence-electron chi connectivity index (χ3n) is 4.20. The molecule has 1 atom stereocenters. The molecule has 25 heavy (non-hydrogen) atoms. The fourth-order valence-electron chi connectivity index (χ4n) is 3.26. The molecule has 5 N–H and O–H groups in total. The van der Waals surface area contributed by atoms with Crippen LogP contribution in [0.15, 0.2) is 39.2 Å². The van der Waals surface area contributed by atoms with E-state index < -0.39 is 34.3 Å². The number of nitriles is 1. The summed E-state index contributed by atoms with van der Waals surface area (Å²) in [5.41, 5.74) is 1.40. The number of ether oxygens (including phenoxy) is 1. The molecule has 1 aromatic carbocycles. The molecule has 1 spiro atoms. The summed E-state index contributed by atoms with van der Waals surface area (Å²) in [6, 6.07) is 5.21. The van der Waals surface area contributed by atoms with Crippen LogP contribution in [-0.2, 0) is 10.2 Å². The van der Waals surface area contributed by atoms with Gasteiger partial charge in [0.15, 0.2) is 5.41 Å². The van der Waals surface area contributed by atoms with Crippen LogP contribution in [0.5, 0.6) is 5.88 Å². The SMILES string of the molecule is N#CC1=C(N)Oc2[nH]c(=O)[nH]c(=O)c2C12C(=O)Nc1ccc(F)cc12. The van der Waals surface area contributed by atoms with E-state index in [9.17, 15) is 24.0 Å². The Morgan fingerprint density at radius 3 is 2.72 bits per heavy atom. The predicted octanol–water partition coefficient (Wildman–Crippen LogP) is -0.473. The minimum absolute atomic E-state index is 0.0269. The van der Waals surface area contributed by atoms with E-state index in [1.807, 2.05) is 4.98 Å². The van der Waals surface area contributed by atoms with Crippen LogP contribution in [0.25, 0.3) is 0 Å². The first-order chi connectivity index (χ1) is 11.9. The number of benzene rings is 1. The quantitative estimate of drug-likeness (QED) is 0.508. The average Bonchev–Trinajstić information content (AvgIpc) is 2.80. The Balaban J connectivity index is 2.24. The summed E-state index contributed by atoms with van der Waals surface area (Å²) in [5.74, 6) is -2.31. The highest BCUT2D eigenvalue weighted by Crippen LogP contribution is 2.51. The number of anilines is 1. The van der Waals surface area contributed by atoms with Crippen LogP contribution in [0, 0.1) is 17.1 Å². The number of aromatic nitrogens is 2. The van der Waals surface area contributed by atoms with Gasteiger partial charge >= 0.3 is 5.69 Å². The van der Waals surface area contributed by atoms with Crippen molar-refractivity contribution in [2.24, 2.45) is 5.73 Å². The van der Waals surface area contributed by atoms with Crippen molar-refractivity contribution in [3.63, 3.8) is 0 Å². The second-order valence-electron chi connectivity index (χ2n) is 5.46. The zero-order chi connectivity index (χ0) is 17.9. The van der Waals surface area contributed by atoms with E-state index in [1.165, 1.54) is 6.07 Å². The first-order valence-electron chi connectivity index (χ1n) is 6.96. The highest BCUT2D eigenvalue weighted by Gasteiger charge is 2.58. The number of hydrogen-bond donors (Lipinski definition) is 4. The Bertz CT molecular complexity index is 1160. The summed E-state index contributed by atoms with van der Waals surface area (Å²) >= 11 is 0. The molecule has 1 unspecified atom stereocenters. The maximum absolute atomic E-state index is 13.9. The summed E-state index contributed by atoms with van der Waals surface area (Å²) in [5, 5.41) is 12.1. The van der Waals surface area contributed by atoms with Gasteiger partial charge in [-0.05, 0) is 18.2 Å². The van der Waals surface area contributed by atoms with Crippen LogP contribution in [0.4, 0.5) is 10.1 Å². The van der Waals surface area contributed by atoms with Crippen molar-refractivity contribution < 1.29 is 13.9 Å². The fraction of sp³-hybridized carbons (Fsp3) is 0.0667. The number of amides is 1. The van der Waals surface area contributed by atoms with Crippen molar-refractivity contribution in [3.8, 4) is 11.9 Å². The Kier molecular flexibility index (Phi) is 2.69. The smallest absolute Gasteiger partial charge is 0.328 e. The zero-order valence-corrected chi connectivity index (χ0v) is 12.3. The monoisotopic (exact) mass is 341 g/mol. The van der Waals surface area contributed by atoms with Crippen molar-refractivity contribution in [2.75, 3.05) is 5.32 Å². The number of nitrogens with zero attached hydrogens (tertiary/aromatic N) is 1. The van der Waals surface area contributed by atoms with Gasteiger partial charge in [0.25, 0.3) is 5.56 Å². The maximum atomic E-state index is 13.9. The highest BCUT2D eigenvalue weighted by atomic mass is 19.1. The topological polar surface area (TPSA) is 154 Å². The molecule has 3 heterocycles. The minimum Gasteiger partial charge on any atom is -0.423 e. The number of hydrogen-bond acceptors (Lipinski definition) is 6. The molecule has 2 aliphatic heterocycles. The number of carbonyl (C=O) groups excluding carboxylic acids is 1. The lowest BCUT2D eigenvalue weighted by atomic mass is 9.70. The molecule has 2 aliphatic rings. The summed E-state index contributed by atoms with van der Waals surface area (Å²) < 4.78 is 19.0. The normalized spacial score (nSPS) is 20.6. The lowest BCUT2D eigenvalue weighted by Crippen LogP contribution is -2.48. The van der Waals surface area contributed by atoms with Gasteiger partial charge in [0.05, 0.1) is 0 Å². The van der Waals surface area contributed by atoms with Crippen molar-refractivity contribution in [3.05, 3.63) is 67.4 Å². The number of nitrogens with one attached hydrogen (secondary N) is 3. The lowest BCUT2D eigenvalue weighted by Gasteiger charge is -2.31. The van der Waals surface area contributed by atoms with Gasteiger partial charge in [0.2, 0.25) is 17.7 Å². The van der Waals surface area contributed by atoms with Crippen LogP contribution in [0.3, 0.4) is 0 Å². The number of nitrogens with two attached hydrogens (primary N) is 1. The molecule has 1 aromatic heterocycles. The number of H-pyrrole nitrogens is 2. The molecule has 0 saturated heterocycles. The second-order valence-corrected chi connectivity index (χ2v) is 5.46. The van der Waals surface area contributed by atoms with Gasteiger partial charge in [-0.15, -0.1) is 0 Å². The Hall–Kier alpha value is -3.87. The van der Waals surface area contributed by atoms with Gasteiger partial charge in [-0.1, -0.05) is 0 Å². The van der Waals surface area contributed by atoms with Gasteiger partial charge < -0.3 is 15.8 Å². The van der Waals surface area contributed by atoms with E-state index in [-0.39, 0.29) is 28.3 Å². The Morgan fingerprint density at radius 2 is 2.00 bits per heavy atom. The van der Waals surface area contributed by atoms with Gasteiger partial charge in [0.1, 0.15) is 23.0 Å². The van der Waals surface area contributed by atoms with Gasteiger partial charge in [-0.3, -0.25) is 19.6 Å². The third kappa shape index (κ3) is 1.66. The molecule has 9 nitrogen and oxygen atoms in total. The molecule has 0 fully saturated rings. The first kappa shape index (κ1) is 14.7. The Labute approximate surface area is 137 Å². The fourth-order valence-corrected chi connectivity index (χ4v) is 3.26. The van der Waals surface area contributed by atoms with Crippen LogP contribution in [0.2, 0.25) is 0 Å². The van der Waals surface area contributed by atoms with E-state index in [2.05, 4.69) is 10.3 Å². The third-order valence-corrected chi connectivity index (χ3v) is 4.20. The molecule has 2 aromatic rings. The summed E-state index contributed by atoms with van der Waals surface area (Å²) in [6.07, 6.45) is 0. The molecular weight excluding hydrogens is 333 g/mol. The largest absolute Gasteiger partial charge is 0.423 e. The van der Waals surface area contributed by atoms with E-state index >= 15 is 0 Å². The molecule has 0 radical (unpaired) electrons. The molecule has 1 amide bonds. The number of fused-ring (bicyclic) bond motifs is 4. The maximum Gasteiger partial charge on any atom is 0.328 e. The van der Waals surface area contributed by atoms with Crippen molar-refractivity contribution >= 4 is 11.6 Å². The summed E-state index contributed by atoms with van der Waals surface area (Å²) in [7, 11) is 0. The number of rotatable bonds is 0. The van der Waals surface area contributed by atoms with Gasteiger partial charge in [0, 0.05) is 11.3 Å². The number of halogens is 1. The number of aromatic amines is 2. The van der Waals surface area contributed by atoms with E-state index in [4.69, 9.17) is 10.5 Å². The molecular formula is C15H8FN5O4. The molecule has 124 valence electrons. The molecule has 0 saturated carbocycles. The van der Waals surface area contributed by atoms with Gasteiger partial charge in [-0.2, -0.15) is 5.26 Å². The second kappa shape index (κ2) is 4.57. The standard InChI is InChI=1S/C15H8FN5O4/c16-5-1-2-8-6(3-5)15(13(23)19-8)7(4-17)10(18)25-12-9(15)11(22)20-14(24)21-12/h1-3H,18H2,(H,19,23)(H2,20,21,22,24). The van der Waals surface area contributed by atoms with E-state index in [0.29, 0.717) is 0 Å². The molecule has 10 heteroatoms. The van der Waals surface area contributed by atoms with Crippen LogP contribution < -0.4 is 27.0 Å². The van der Waals surface area contributed by atoms with E-state index in [0.717, 1.165) is 12.1 Å². The van der Waals surface area contributed by atoms with Crippen LogP contribution >= 0.6 is 0 Å². The van der Waals surface area contributed by atoms with Crippen LogP contribution in [-0.4, -0.2) is 15.9 Å². The van der Waals surface area contributed by atoms with Crippen LogP contribution in [0.1, 0.15) is 11.1 Å². The Morgan fingerprint density at radius 1 is 1.24 bits per heavy atom. The van der Waals surface area contributed by atoms with Crippen molar-refractivity contribution in [1.29, 1.82) is 5.26 Å². The number of carbonyl (C=O) groups is 1. The summed E-state index contributed by atoms with van der Waals surface area (Å²) in [4.78, 5) is 41.1. The van der Waals surface area contributed by atoms with E-state index in [1.54, 1.807) is 6.07 Å². The molecule has 0 aliphatic carbocycles. The summed E-state index contributed by atoms with van der Waals surface area (Å²) in [6.45, 7) is 0. The first-order valence-corrected chi connectivity index (χ1v) is 6.96. The van der Waals surface area contributed by atoms with Crippen molar-refractivity contribution in [1.82, 2.24) is 9.97 Å². The van der Waals surface area contributed by atoms with Gasteiger partial charge in [-0.25, -0.2) is 9.18 Å². The van der Waals surface area contributed by atoms with Crippen molar-refractivity contribution in [2.45, 2.75) is 5.41 Å². The highest BCUT2D eigenvalue weighted by molar-refractivity contribution is 6.12. The zero-order valence-electron chi connectivity index (χ0n) is 12.3.